The van der Waals surface area contributed by atoms with Crippen molar-refractivity contribution in [2.45, 2.75) is 56.4 Å². The van der Waals surface area contributed by atoms with Gasteiger partial charge in [0, 0.05) is 25.0 Å². The van der Waals surface area contributed by atoms with E-state index in [0.29, 0.717) is 6.54 Å². The van der Waals surface area contributed by atoms with Crippen LogP contribution in [0.5, 0.6) is 0 Å². The molecule has 7 heteroatoms. The largest absolute Gasteiger partial charge is 0.354 e. The fourth-order valence-electron chi connectivity index (χ4n) is 3.43. The predicted octanol–water partition coefficient (Wildman–Crippen LogP) is 1.96. The number of carbonyl (C=O) groups is 1. The summed E-state index contributed by atoms with van der Waals surface area (Å²) < 4.78 is 27.2. The van der Waals surface area contributed by atoms with E-state index >= 15 is 0 Å². The normalized spacial score (nSPS) is 16.8. The lowest BCUT2D eigenvalue weighted by atomic mass is 9.96. The summed E-state index contributed by atoms with van der Waals surface area (Å²) in [4.78, 5) is 14.6. The molecule has 0 atom stereocenters. The van der Waals surface area contributed by atoms with E-state index in [0.717, 1.165) is 24.0 Å². The van der Waals surface area contributed by atoms with Gasteiger partial charge in [0.05, 0.1) is 4.90 Å². The van der Waals surface area contributed by atoms with Crippen LogP contribution in [0.15, 0.2) is 23.1 Å². The zero-order chi connectivity index (χ0) is 19.4. The number of benzene rings is 1. The van der Waals surface area contributed by atoms with Crippen molar-refractivity contribution >= 4 is 15.9 Å². The Labute approximate surface area is 157 Å². The van der Waals surface area contributed by atoms with Crippen LogP contribution in [0.25, 0.3) is 0 Å². The first-order chi connectivity index (χ1) is 12.2. The number of nitrogens with zero attached hydrogens (tertiary/aromatic N) is 1. The van der Waals surface area contributed by atoms with Crippen molar-refractivity contribution in [2.24, 2.45) is 0 Å². The van der Waals surface area contributed by atoms with Gasteiger partial charge >= 0.3 is 0 Å². The van der Waals surface area contributed by atoms with Crippen LogP contribution in [-0.2, 0) is 14.8 Å². The Hall–Kier alpha value is -1.44. The lowest BCUT2D eigenvalue weighted by molar-refractivity contribution is -0.121. The number of aryl methyl sites for hydroxylation is 2. The topological polar surface area (TPSA) is 78.5 Å². The zero-order valence-corrected chi connectivity index (χ0v) is 17.1. The maximum absolute atomic E-state index is 12.3. The second-order valence-electron chi connectivity index (χ2n) is 7.50. The minimum absolute atomic E-state index is 0.0363. The molecule has 0 bridgehead atoms. The fourth-order valence-corrected chi connectivity index (χ4v) is 4.55. The first-order valence-electron chi connectivity index (χ1n) is 9.17. The third-order valence-electron chi connectivity index (χ3n) is 5.53. The number of likely N-dealkylation sites (N-methyl/N-ethyl adjacent to an activating group) is 1. The molecule has 2 N–H and O–H groups in total. The van der Waals surface area contributed by atoms with Crippen LogP contribution in [0.3, 0.4) is 0 Å². The van der Waals surface area contributed by atoms with Gasteiger partial charge < -0.3 is 10.2 Å². The van der Waals surface area contributed by atoms with Crippen molar-refractivity contribution in [3.05, 3.63) is 29.3 Å². The van der Waals surface area contributed by atoms with E-state index in [9.17, 15) is 13.2 Å². The minimum Gasteiger partial charge on any atom is -0.354 e. The SMILES string of the molecule is Cc1ccc(S(=O)(=O)NCCC(=O)NCC2(N(C)C)CCCC2)cc1C. The number of hydrogen-bond acceptors (Lipinski definition) is 4. The molecular formula is C19H31N3O3S. The maximum Gasteiger partial charge on any atom is 0.240 e. The quantitative estimate of drug-likeness (QED) is 0.722. The van der Waals surface area contributed by atoms with Gasteiger partial charge in [-0.25, -0.2) is 13.1 Å². The molecule has 0 spiro atoms. The van der Waals surface area contributed by atoms with Crippen LogP contribution in [0.1, 0.15) is 43.2 Å². The molecule has 0 heterocycles. The third-order valence-corrected chi connectivity index (χ3v) is 6.99. The van der Waals surface area contributed by atoms with Crippen LogP contribution in [-0.4, -0.2) is 51.9 Å². The minimum atomic E-state index is -3.59. The molecule has 0 unspecified atom stereocenters. The average Bonchev–Trinajstić information content (AvgIpc) is 3.05. The molecule has 1 aliphatic rings. The van der Waals surface area contributed by atoms with Crippen LogP contribution < -0.4 is 10.0 Å². The molecule has 6 nitrogen and oxygen atoms in total. The fraction of sp³-hybridized carbons (Fsp3) is 0.632. The lowest BCUT2D eigenvalue weighted by Crippen LogP contribution is -2.51. The highest BCUT2D eigenvalue weighted by atomic mass is 32.2. The number of carbonyl (C=O) groups excluding carboxylic acids is 1. The molecule has 1 aromatic carbocycles. The van der Waals surface area contributed by atoms with Gasteiger partial charge in [0.25, 0.3) is 0 Å². The van der Waals surface area contributed by atoms with Gasteiger partial charge in [0.1, 0.15) is 0 Å². The number of amides is 1. The van der Waals surface area contributed by atoms with Crippen molar-refractivity contribution in [3.8, 4) is 0 Å². The summed E-state index contributed by atoms with van der Waals surface area (Å²) in [6.45, 7) is 4.53. The van der Waals surface area contributed by atoms with E-state index in [-0.39, 0.29) is 29.3 Å². The summed E-state index contributed by atoms with van der Waals surface area (Å²) >= 11 is 0. The van der Waals surface area contributed by atoms with E-state index < -0.39 is 10.0 Å². The predicted molar refractivity (Wildman–Crippen MR) is 104 cm³/mol. The Morgan fingerprint density at radius 2 is 1.81 bits per heavy atom. The van der Waals surface area contributed by atoms with Crippen LogP contribution in [0.4, 0.5) is 0 Å². The molecular weight excluding hydrogens is 350 g/mol. The summed E-state index contributed by atoms with van der Waals surface area (Å²) in [5.74, 6) is -0.124. The highest BCUT2D eigenvalue weighted by Gasteiger charge is 2.36. The smallest absolute Gasteiger partial charge is 0.240 e. The molecule has 0 aromatic heterocycles. The molecule has 1 amide bonds. The Bertz CT molecular complexity index is 738. The second-order valence-corrected chi connectivity index (χ2v) is 9.26. The Kier molecular flexibility index (Phi) is 6.82. The van der Waals surface area contributed by atoms with Crippen LogP contribution in [0.2, 0.25) is 0 Å². The Balaban J connectivity index is 1.83. The molecule has 0 saturated heterocycles. The van der Waals surface area contributed by atoms with E-state index in [4.69, 9.17) is 0 Å². The maximum atomic E-state index is 12.3. The molecule has 1 aromatic rings. The van der Waals surface area contributed by atoms with Gasteiger partial charge in [-0.05, 0) is 64.0 Å². The zero-order valence-electron chi connectivity index (χ0n) is 16.3. The molecule has 146 valence electrons. The first-order valence-corrected chi connectivity index (χ1v) is 10.7. The van der Waals surface area contributed by atoms with Crippen molar-refractivity contribution in [3.63, 3.8) is 0 Å². The first kappa shape index (κ1) is 20.9. The third kappa shape index (κ3) is 5.05. The molecule has 1 aliphatic carbocycles. The average molecular weight is 382 g/mol. The number of nitrogens with one attached hydrogen (secondary N) is 2. The Morgan fingerprint density at radius 1 is 1.15 bits per heavy atom. The standard InChI is InChI=1S/C19H31N3O3S/c1-15-7-8-17(13-16(15)2)26(24,25)21-12-9-18(23)20-14-19(22(3)4)10-5-6-11-19/h7-8,13,21H,5-6,9-12,14H2,1-4H3,(H,20,23). The summed E-state index contributed by atoms with van der Waals surface area (Å²) in [6, 6.07) is 5.03. The summed E-state index contributed by atoms with van der Waals surface area (Å²) in [5, 5.41) is 2.97. The van der Waals surface area contributed by atoms with Gasteiger partial charge in [0.2, 0.25) is 15.9 Å². The highest BCUT2D eigenvalue weighted by molar-refractivity contribution is 7.89. The monoisotopic (exact) mass is 381 g/mol. The van der Waals surface area contributed by atoms with Crippen LogP contribution in [0, 0.1) is 13.8 Å². The van der Waals surface area contributed by atoms with Gasteiger partial charge in [-0.15, -0.1) is 0 Å². The van der Waals surface area contributed by atoms with Gasteiger partial charge in [-0.1, -0.05) is 18.9 Å². The highest BCUT2D eigenvalue weighted by Crippen LogP contribution is 2.33. The van der Waals surface area contributed by atoms with E-state index in [1.807, 2.05) is 13.8 Å². The molecule has 0 aliphatic heterocycles. The number of rotatable bonds is 8. The van der Waals surface area contributed by atoms with E-state index in [1.54, 1.807) is 18.2 Å². The van der Waals surface area contributed by atoms with E-state index in [1.165, 1.54) is 12.8 Å². The van der Waals surface area contributed by atoms with E-state index in [2.05, 4.69) is 29.0 Å². The molecule has 2 rings (SSSR count). The van der Waals surface area contributed by atoms with Gasteiger partial charge in [0.15, 0.2) is 0 Å². The summed E-state index contributed by atoms with van der Waals surface area (Å²) in [6.07, 6.45) is 4.67. The number of hydrogen-bond donors (Lipinski definition) is 2. The molecule has 26 heavy (non-hydrogen) atoms. The van der Waals surface area contributed by atoms with Gasteiger partial charge in [-0.2, -0.15) is 0 Å². The van der Waals surface area contributed by atoms with Crippen LogP contribution >= 0.6 is 0 Å². The molecule has 1 saturated carbocycles. The van der Waals surface area contributed by atoms with Crippen molar-refractivity contribution in [1.82, 2.24) is 14.9 Å². The number of sulfonamides is 1. The summed E-state index contributed by atoms with van der Waals surface area (Å²) in [5.41, 5.74) is 2.01. The molecule has 1 fully saturated rings. The Morgan fingerprint density at radius 3 is 2.38 bits per heavy atom. The van der Waals surface area contributed by atoms with Crippen molar-refractivity contribution in [1.29, 1.82) is 0 Å². The second kappa shape index (κ2) is 8.50. The summed E-state index contributed by atoms with van der Waals surface area (Å²) in [7, 11) is 0.512. The van der Waals surface area contributed by atoms with Crippen molar-refractivity contribution in [2.75, 3.05) is 27.2 Å². The van der Waals surface area contributed by atoms with Gasteiger partial charge in [-0.3, -0.25) is 4.79 Å². The molecule has 0 radical (unpaired) electrons. The lowest BCUT2D eigenvalue weighted by Gasteiger charge is -2.36. The van der Waals surface area contributed by atoms with Crippen molar-refractivity contribution < 1.29 is 13.2 Å².